The van der Waals surface area contributed by atoms with Crippen molar-refractivity contribution in [3.8, 4) is 11.5 Å². The fourth-order valence-corrected chi connectivity index (χ4v) is 5.09. The van der Waals surface area contributed by atoms with E-state index in [4.69, 9.17) is 9.47 Å². The van der Waals surface area contributed by atoms with E-state index in [1.165, 1.54) is 22.7 Å². The summed E-state index contributed by atoms with van der Waals surface area (Å²) in [4.78, 5) is 13.0. The molecule has 0 spiro atoms. The molecule has 1 aromatic carbocycles. The second kappa shape index (κ2) is 8.12. The number of amides is 1. The normalized spacial score (nSPS) is 22.6. The molecule has 0 bridgehead atoms. The molecule has 0 aliphatic carbocycles. The zero-order valence-electron chi connectivity index (χ0n) is 17.8. The lowest BCUT2D eigenvalue weighted by Gasteiger charge is -2.39. The molecular weight excluding hydrogens is 394 g/mol. The number of fused-ring (bicyclic) bond motifs is 1. The molecule has 2 heterocycles. The first kappa shape index (κ1) is 21.9. The van der Waals surface area contributed by atoms with Gasteiger partial charge in [-0.05, 0) is 44.9 Å². The smallest absolute Gasteiger partial charge is 0.281 e. The fourth-order valence-electron chi connectivity index (χ4n) is 3.96. The number of hydrogen-bond acceptors (Lipinski definition) is 5. The van der Waals surface area contributed by atoms with Gasteiger partial charge in [-0.2, -0.15) is 17.0 Å². The van der Waals surface area contributed by atoms with Gasteiger partial charge in [0.15, 0.2) is 0 Å². The van der Waals surface area contributed by atoms with Gasteiger partial charge in [0.05, 0.1) is 13.2 Å². The molecule has 1 amide bonds. The van der Waals surface area contributed by atoms with Crippen LogP contribution in [0.1, 0.15) is 44.7 Å². The predicted molar refractivity (Wildman–Crippen MR) is 110 cm³/mol. The monoisotopic (exact) mass is 425 g/mol. The minimum absolute atomic E-state index is 0.0385. The Morgan fingerprint density at radius 3 is 2.52 bits per heavy atom. The first-order valence-electron chi connectivity index (χ1n) is 9.88. The standard InChI is InChI=1S/C20H31N3O5S/c1-20(2)13-17(16-12-15(27-5)6-7-18(16)28-20)21-19(24)14-8-10-23(11-9-14)29(25,26)22(3)4/h6-7,12,14,17H,8-11,13H2,1-5H3,(H,21,24). The van der Waals surface area contributed by atoms with Crippen molar-refractivity contribution in [1.29, 1.82) is 0 Å². The lowest BCUT2D eigenvalue weighted by molar-refractivity contribution is -0.127. The zero-order valence-corrected chi connectivity index (χ0v) is 18.6. The van der Waals surface area contributed by atoms with Crippen molar-refractivity contribution in [1.82, 2.24) is 13.9 Å². The molecular formula is C20H31N3O5S. The summed E-state index contributed by atoms with van der Waals surface area (Å²) in [5.74, 6) is 1.22. The van der Waals surface area contributed by atoms with Crippen LogP contribution in [0.5, 0.6) is 11.5 Å². The number of carbonyl (C=O) groups excluding carboxylic acids is 1. The molecule has 2 aliphatic rings. The van der Waals surface area contributed by atoms with Crippen LogP contribution in [0.15, 0.2) is 18.2 Å². The first-order valence-corrected chi connectivity index (χ1v) is 11.3. The molecule has 29 heavy (non-hydrogen) atoms. The Balaban J connectivity index is 1.70. The van der Waals surface area contributed by atoms with E-state index in [1.807, 2.05) is 32.0 Å². The highest BCUT2D eigenvalue weighted by molar-refractivity contribution is 7.86. The fraction of sp³-hybridized carbons (Fsp3) is 0.650. The Kier molecular flexibility index (Phi) is 6.12. The van der Waals surface area contributed by atoms with E-state index in [0.717, 1.165) is 11.3 Å². The number of piperidine rings is 1. The second-order valence-electron chi connectivity index (χ2n) is 8.49. The topological polar surface area (TPSA) is 88.2 Å². The lowest BCUT2D eigenvalue weighted by Crippen LogP contribution is -2.48. The van der Waals surface area contributed by atoms with E-state index < -0.39 is 15.8 Å². The molecule has 0 saturated carbocycles. The maximum Gasteiger partial charge on any atom is 0.281 e. The molecule has 1 atom stereocenters. The molecule has 1 unspecified atom stereocenters. The van der Waals surface area contributed by atoms with Crippen molar-refractivity contribution in [3.63, 3.8) is 0 Å². The molecule has 2 aliphatic heterocycles. The maximum atomic E-state index is 13.0. The zero-order chi connectivity index (χ0) is 21.4. The average molecular weight is 426 g/mol. The van der Waals surface area contributed by atoms with Crippen molar-refractivity contribution in [2.45, 2.75) is 44.8 Å². The molecule has 1 aromatic rings. The molecule has 9 heteroatoms. The number of ether oxygens (including phenoxy) is 2. The van der Waals surface area contributed by atoms with E-state index in [1.54, 1.807) is 7.11 Å². The Hall–Kier alpha value is -1.84. The number of benzene rings is 1. The van der Waals surface area contributed by atoms with Crippen LogP contribution in [0, 0.1) is 5.92 Å². The van der Waals surface area contributed by atoms with E-state index >= 15 is 0 Å². The molecule has 1 saturated heterocycles. The van der Waals surface area contributed by atoms with Gasteiger partial charge in [0.1, 0.15) is 17.1 Å². The number of nitrogens with one attached hydrogen (secondary N) is 1. The van der Waals surface area contributed by atoms with Gasteiger partial charge in [-0.3, -0.25) is 4.79 Å². The van der Waals surface area contributed by atoms with Crippen LogP contribution in [0.2, 0.25) is 0 Å². The summed E-state index contributed by atoms with van der Waals surface area (Å²) in [7, 11) is 1.22. The number of methoxy groups -OCH3 is 1. The molecule has 0 aromatic heterocycles. The summed E-state index contributed by atoms with van der Waals surface area (Å²) in [6.45, 7) is 4.71. The minimum atomic E-state index is -3.43. The van der Waals surface area contributed by atoms with Gasteiger partial charge < -0.3 is 14.8 Å². The van der Waals surface area contributed by atoms with Gasteiger partial charge in [0, 0.05) is 45.1 Å². The summed E-state index contributed by atoms with van der Waals surface area (Å²) in [6.07, 6.45) is 1.67. The number of rotatable bonds is 5. The molecule has 8 nitrogen and oxygen atoms in total. The number of nitrogens with zero attached hydrogens (tertiary/aromatic N) is 2. The molecule has 0 radical (unpaired) electrons. The molecule has 1 N–H and O–H groups in total. The third-order valence-electron chi connectivity index (χ3n) is 5.60. The SMILES string of the molecule is COc1ccc2c(c1)C(NC(=O)C1CCN(S(=O)(=O)N(C)C)CC1)CC(C)(C)O2. The van der Waals surface area contributed by atoms with E-state index in [2.05, 4.69) is 5.32 Å². The Labute approximate surface area is 173 Å². The van der Waals surface area contributed by atoms with Crippen LogP contribution < -0.4 is 14.8 Å². The maximum absolute atomic E-state index is 13.0. The summed E-state index contributed by atoms with van der Waals surface area (Å²) in [5.41, 5.74) is 0.507. The van der Waals surface area contributed by atoms with Crippen molar-refractivity contribution in [3.05, 3.63) is 23.8 Å². The highest BCUT2D eigenvalue weighted by Gasteiger charge is 2.37. The average Bonchev–Trinajstić information content (AvgIpc) is 2.66. The van der Waals surface area contributed by atoms with E-state index in [0.29, 0.717) is 38.1 Å². The van der Waals surface area contributed by atoms with Gasteiger partial charge in [0.2, 0.25) is 5.91 Å². The quantitative estimate of drug-likeness (QED) is 0.779. The summed E-state index contributed by atoms with van der Waals surface area (Å²) >= 11 is 0. The Morgan fingerprint density at radius 1 is 1.28 bits per heavy atom. The predicted octanol–water partition coefficient (Wildman–Crippen LogP) is 1.93. The second-order valence-corrected chi connectivity index (χ2v) is 10.6. The van der Waals surface area contributed by atoms with Crippen LogP contribution in [0.3, 0.4) is 0 Å². The van der Waals surface area contributed by atoms with Crippen molar-refractivity contribution < 1.29 is 22.7 Å². The third-order valence-corrected chi connectivity index (χ3v) is 7.54. The minimum Gasteiger partial charge on any atom is -0.497 e. The van der Waals surface area contributed by atoms with Gasteiger partial charge in [-0.1, -0.05) is 0 Å². The van der Waals surface area contributed by atoms with Gasteiger partial charge >= 0.3 is 0 Å². The highest BCUT2D eigenvalue weighted by atomic mass is 32.2. The largest absolute Gasteiger partial charge is 0.497 e. The van der Waals surface area contributed by atoms with Crippen LogP contribution >= 0.6 is 0 Å². The third kappa shape index (κ3) is 4.67. The summed E-state index contributed by atoms with van der Waals surface area (Å²) in [6, 6.07) is 5.44. The van der Waals surface area contributed by atoms with Gasteiger partial charge in [-0.15, -0.1) is 0 Å². The van der Waals surface area contributed by atoms with Crippen LogP contribution in [-0.2, 0) is 15.0 Å². The Morgan fingerprint density at radius 2 is 1.93 bits per heavy atom. The van der Waals surface area contributed by atoms with Crippen LogP contribution in [0.25, 0.3) is 0 Å². The van der Waals surface area contributed by atoms with Crippen molar-refractivity contribution >= 4 is 16.1 Å². The molecule has 1 fully saturated rings. The van der Waals surface area contributed by atoms with Crippen LogP contribution in [0.4, 0.5) is 0 Å². The van der Waals surface area contributed by atoms with Crippen molar-refractivity contribution in [2.75, 3.05) is 34.3 Å². The van der Waals surface area contributed by atoms with Gasteiger partial charge in [0.25, 0.3) is 10.2 Å². The number of carbonyl (C=O) groups is 1. The lowest BCUT2D eigenvalue weighted by atomic mass is 9.88. The van der Waals surface area contributed by atoms with Gasteiger partial charge in [-0.25, -0.2) is 0 Å². The molecule has 3 rings (SSSR count). The summed E-state index contributed by atoms with van der Waals surface area (Å²) < 4.78 is 38.6. The molecule has 162 valence electrons. The first-order chi connectivity index (χ1) is 13.5. The Bertz CT molecular complexity index is 861. The van der Waals surface area contributed by atoms with Crippen LogP contribution in [-0.4, -0.2) is 62.8 Å². The number of hydrogen-bond donors (Lipinski definition) is 1. The van der Waals surface area contributed by atoms with E-state index in [-0.39, 0.29) is 17.9 Å². The van der Waals surface area contributed by atoms with Crippen molar-refractivity contribution in [2.24, 2.45) is 5.92 Å². The summed E-state index contributed by atoms with van der Waals surface area (Å²) in [5, 5.41) is 3.18. The highest BCUT2D eigenvalue weighted by Crippen LogP contribution is 2.41. The van der Waals surface area contributed by atoms with E-state index in [9.17, 15) is 13.2 Å².